The van der Waals surface area contributed by atoms with Crippen LogP contribution in [0.2, 0.25) is 0 Å². The Morgan fingerprint density at radius 2 is 1.48 bits per heavy atom. The number of rotatable bonds is 4. The number of aryl methyl sites for hydroxylation is 1. The molecule has 2 aliphatic carbocycles. The molecule has 0 spiro atoms. The number of thiophene rings is 1. The van der Waals surface area contributed by atoms with Gasteiger partial charge in [-0.3, -0.25) is 0 Å². The van der Waals surface area contributed by atoms with Gasteiger partial charge in [0.05, 0.1) is 11.7 Å². The van der Waals surface area contributed by atoms with Crippen molar-refractivity contribution in [1.29, 1.82) is 0 Å². The quantitative estimate of drug-likeness (QED) is 0.200. The molecule has 1 aliphatic heterocycles. The topological polar surface area (TPSA) is 24.4 Å². The molecule has 240 valence electrons. The minimum absolute atomic E-state index is 0.0163. The van der Waals surface area contributed by atoms with E-state index in [2.05, 4.69) is 165 Å². The second kappa shape index (κ2) is 11.3. The lowest BCUT2D eigenvalue weighted by Crippen LogP contribution is -2.31. The molecule has 1 aromatic heterocycles. The highest BCUT2D eigenvalue weighted by molar-refractivity contribution is 7.20. The number of nitrogens with zero attached hydrogens (tertiary/aromatic N) is 1. The van der Waals surface area contributed by atoms with Crippen LogP contribution < -0.4 is 5.32 Å². The normalized spacial score (nSPS) is 17.1. The van der Waals surface area contributed by atoms with Gasteiger partial charge in [0.25, 0.3) is 0 Å². The fourth-order valence-corrected chi connectivity index (χ4v) is 9.64. The fourth-order valence-electron chi connectivity index (χ4n) is 8.42. The van der Waals surface area contributed by atoms with Gasteiger partial charge in [-0.2, -0.15) is 0 Å². The highest BCUT2D eigenvalue weighted by Crippen LogP contribution is 2.55. The van der Waals surface area contributed by atoms with E-state index in [1.807, 2.05) is 11.3 Å². The van der Waals surface area contributed by atoms with E-state index >= 15 is 0 Å². The van der Waals surface area contributed by atoms with Gasteiger partial charge in [-0.05, 0) is 104 Å². The molecule has 0 amide bonds. The molecule has 1 unspecified atom stereocenters. The Labute approximate surface area is 297 Å². The third kappa shape index (κ3) is 4.57. The summed E-state index contributed by atoms with van der Waals surface area (Å²) in [5.74, 6) is 0.898. The van der Waals surface area contributed by atoms with Crippen LogP contribution in [0.4, 0.5) is 0 Å². The molecule has 10 rings (SSSR count). The largest absolute Gasteiger partial charge is 0.359 e. The summed E-state index contributed by atoms with van der Waals surface area (Å²) in [5, 5.41) is 7.73. The first-order chi connectivity index (χ1) is 24.5. The van der Waals surface area contributed by atoms with Crippen LogP contribution in [0.5, 0.6) is 0 Å². The summed E-state index contributed by atoms with van der Waals surface area (Å²) in [6.45, 7) is 4.79. The van der Waals surface area contributed by atoms with Gasteiger partial charge in [0, 0.05) is 26.1 Å². The van der Waals surface area contributed by atoms with Crippen LogP contribution >= 0.6 is 11.3 Å². The Morgan fingerprint density at radius 3 is 2.34 bits per heavy atom. The smallest absolute Gasteiger partial charge is 0.134 e. The van der Waals surface area contributed by atoms with Gasteiger partial charge in [-0.15, -0.1) is 11.3 Å². The van der Waals surface area contributed by atoms with E-state index in [-0.39, 0.29) is 11.5 Å². The van der Waals surface area contributed by atoms with Gasteiger partial charge in [0.2, 0.25) is 0 Å². The molecule has 2 heterocycles. The molecule has 2 nitrogen and oxygen atoms in total. The summed E-state index contributed by atoms with van der Waals surface area (Å²) in [4.78, 5) is 6.67. The maximum atomic E-state index is 5.25. The lowest BCUT2D eigenvalue weighted by atomic mass is 9.80. The van der Waals surface area contributed by atoms with E-state index < -0.39 is 0 Å². The van der Waals surface area contributed by atoms with Crippen LogP contribution in [0.15, 0.2) is 145 Å². The number of amidine groups is 1. The van der Waals surface area contributed by atoms with Crippen LogP contribution in [0.1, 0.15) is 64.6 Å². The van der Waals surface area contributed by atoms with E-state index in [9.17, 15) is 0 Å². The average molecular weight is 661 g/mol. The maximum Gasteiger partial charge on any atom is 0.134 e. The molecule has 0 fully saturated rings. The molecule has 3 heteroatoms. The van der Waals surface area contributed by atoms with Crippen molar-refractivity contribution in [3.05, 3.63) is 178 Å². The zero-order chi connectivity index (χ0) is 33.4. The van der Waals surface area contributed by atoms with Gasteiger partial charge in [-0.1, -0.05) is 129 Å². The maximum absolute atomic E-state index is 5.25. The summed E-state index contributed by atoms with van der Waals surface area (Å²) in [6.07, 6.45) is 9.18. The van der Waals surface area contributed by atoms with Crippen molar-refractivity contribution < 1.29 is 0 Å². The molecule has 0 saturated carbocycles. The van der Waals surface area contributed by atoms with Crippen molar-refractivity contribution in [1.82, 2.24) is 5.32 Å². The minimum atomic E-state index is -0.186. The summed E-state index contributed by atoms with van der Waals surface area (Å²) in [5.41, 5.74) is 13.9. The zero-order valence-electron chi connectivity index (χ0n) is 28.2. The van der Waals surface area contributed by atoms with Crippen molar-refractivity contribution in [2.24, 2.45) is 4.99 Å². The molecule has 3 aliphatic rings. The number of hydrogen-bond acceptors (Lipinski definition) is 3. The molecule has 7 aromatic rings. The predicted octanol–water partition coefficient (Wildman–Crippen LogP) is 12.1. The molecule has 0 bridgehead atoms. The fraction of sp³-hybridized carbons (Fsp3) is 0.128. The average Bonchev–Trinajstić information content (AvgIpc) is 3.65. The van der Waals surface area contributed by atoms with E-state index in [0.717, 1.165) is 35.5 Å². The van der Waals surface area contributed by atoms with Crippen molar-refractivity contribution in [2.75, 3.05) is 0 Å². The minimum Gasteiger partial charge on any atom is -0.359 e. The third-order valence-corrected chi connectivity index (χ3v) is 12.1. The number of allylic oxidation sites excluding steroid dienone is 1. The number of aliphatic imine (C=N–C) groups is 1. The molecule has 0 saturated heterocycles. The zero-order valence-corrected chi connectivity index (χ0v) is 29.0. The number of nitrogens with one attached hydrogen (secondary N) is 1. The van der Waals surface area contributed by atoms with Crippen molar-refractivity contribution in [3.63, 3.8) is 0 Å². The van der Waals surface area contributed by atoms with E-state index in [4.69, 9.17) is 4.99 Å². The first-order valence-electron chi connectivity index (χ1n) is 17.6. The van der Waals surface area contributed by atoms with Crippen molar-refractivity contribution >= 4 is 49.8 Å². The van der Waals surface area contributed by atoms with Crippen LogP contribution in [-0.4, -0.2) is 5.84 Å². The molecular formula is C47H36N2S. The Morgan fingerprint density at radius 1 is 0.700 bits per heavy atom. The number of fused-ring (bicyclic) bond motifs is 7. The SMILES string of the molecule is CC1(C)c2cc(C3=CC(c4ccccc4)NC(c4ccccc4)=N3)ccc2-c2c1cc1ccccc1c2-c1ccc2c3c(sc2c1)C=CCC3. The highest BCUT2D eigenvalue weighted by Gasteiger charge is 2.38. The van der Waals surface area contributed by atoms with Gasteiger partial charge >= 0.3 is 0 Å². The predicted molar refractivity (Wildman–Crippen MR) is 213 cm³/mol. The molecule has 1 N–H and O–H groups in total. The van der Waals surface area contributed by atoms with Gasteiger partial charge in [0.15, 0.2) is 0 Å². The van der Waals surface area contributed by atoms with Crippen molar-refractivity contribution in [3.8, 4) is 22.3 Å². The Balaban J connectivity index is 1.15. The van der Waals surface area contributed by atoms with Crippen LogP contribution in [-0.2, 0) is 11.8 Å². The van der Waals surface area contributed by atoms with Gasteiger partial charge in [-0.25, -0.2) is 4.99 Å². The molecule has 0 radical (unpaired) electrons. The van der Waals surface area contributed by atoms with E-state index in [1.165, 1.54) is 70.2 Å². The first-order valence-corrected chi connectivity index (χ1v) is 18.5. The van der Waals surface area contributed by atoms with Crippen molar-refractivity contribution in [2.45, 2.75) is 38.1 Å². The Bertz CT molecular complexity index is 2580. The summed E-state index contributed by atoms with van der Waals surface area (Å²) in [6, 6.07) is 46.8. The summed E-state index contributed by atoms with van der Waals surface area (Å²) >= 11 is 1.94. The van der Waals surface area contributed by atoms with Gasteiger partial charge in [0.1, 0.15) is 5.84 Å². The molecule has 50 heavy (non-hydrogen) atoms. The molecule has 1 atom stereocenters. The van der Waals surface area contributed by atoms with Crippen LogP contribution in [0, 0.1) is 0 Å². The number of benzene rings is 6. The van der Waals surface area contributed by atoms with Crippen LogP contribution in [0.25, 0.3) is 54.9 Å². The van der Waals surface area contributed by atoms with E-state index in [0.29, 0.717) is 0 Å². The monoisotopic (exact) mass is 660 g/mol. The lowest BCUT2D eigenvalue weighted by molar-refractivity contribution is 0.661. The lowest BCUT2D eigenvalue weighted by Gasteiger charge is -2.26. The van der Waals surface area contributed by atoms with Gasteiger partial charge < -0.3 is 5.32 Å². The first kappa shape index (κ1) is 29.4. The number of hydrogen-bond donors (Lipinski definition) is 1. The van der Waals surface area contributed by atoms with E-state index in [1.54, 1.807) is 0 Å². The standard InChI is InChI=1S/C47H36N2S/c1-47(2)38-26-32(41-28-40(29-13-5-3-6-14-29)48-46(49-41)30-15-7-4-8-16-30)21-24-37(38)45-39(47)25-31-17-9-10-18-34(31)44(45)33-22-23-36-35-19-11-12-20-42(35)50-43(36)27-33/h3-10,12-18,20-28,40H,11,19H2,1-2H3,(H,48,49). The second-order valence-electron chi connectivity index (χ2n) is 14.3. The summed E-state index contributed by atoms with van der Waals surface area (Å²) < 4.78 is 1.38. The molecule has 6 aromatic carbocycles. The Kier molecular flexibility index (Phi) is 6.63. The highest BCUT2D eigenvalue weighted by atomic mass is 32.1. The molecular weight excluding hydrogens is 625 g/mol. The Hall–Kier alpha value is -5.51. The van der Waals surface area contributed by atoms with Crippen LogP contribution in [0.3, 0.4) is 0 Å². The third-order valence-electron chi connectivity index (χ3n) is 11.0. The summed E-state index contributed by atoms with van der Waals surface area (Å²) in [7, 11) is 0. The second-order valence-corrected chi connectivity index (χ2v) is 15.4.